The van der Waals surface area contributed by atoms with E-state index in [1.165, 1.54) is 44.9 Å². The summed E-state index contributed by atoms with van der Waals surface area (Å²) < 4.78 is 0. The predicted molar refractivity (Wildman–Crippen MR) is 65.1 cm³/mol. The second-order valence-electron chi connectivity index (χ2n) is 4.47. The average molecular weight is 267 g/mol. The van der Waals surface area contributed by atoms with Crippen molar-refractivity contribution in [2.24, 2.45) is 0 Å². The number of nitrogens with one attached hydrogen (secondary N) is 1. The Balaban J connectivity index is 0. The molecule has 0 bridgehead atoms. The summed E-state index contributed by atoms with van der Waals surface area (Å²) in [5, 5.41) is 13.3. The first-order chi connectivity index (χ1) is 7.68. The molecule has 1 atom stereocenters. The van der Waals surface area contributed by atoms with Gasteiger partial charge in [-0.15, -0.1) is 0 Å². The number of unbranched alkanes of at least 4 members (excludes halogenated alkanes) is 7. The number of rotatable bonds is 11. The van der Waals surface area contributed by atoms with Crippen molar-refractivity contribution in [1.29, 1.82) is 0 Å². The van der Waals surface area contributed by atoms with Crippen LogP contribution < -0.4 is 61.8 Å². The first-order valence-corrected chi connectivity index (χ1v) is 6.62. The summed E-state index contributed by atoms with van der Waals surface area (Å²) in [4.78, 5) is 10.4. The van der Waals surface area contributed by atoms with Crippen LogP contribution in [0.1, 0.15) is 65.2 Å². The van der Waals surface area contributed by atoms with Crippen LogP contribution in [0.5, 0.6) is 0 Å². The Labute approximate surface area is 149 Å². The molecule has 0 radical (unpaired) electrons. The summed E-state index contributed by atoms with van der Waals surface area (Å²) in [6.07, 6.45) is 10.2. The Morgan fingerprint density at radius 1 is 1.06 bits per heavy atom. The first kappa shape index (κ1) is 20.4. The minimum absolute atomic E-state index is 0. The third-order valence-electron chi connectivity index (χ3n) is 2.83. The van der Waals surface area contributed by atoms with E-state index >= 15 is 0 Å². The van der Waals surface area contributed by atoms with Gasteiger partial charge < -0.3 is 15.2 Å². The van der Waals surface area contributed by atoms with E-state index in [2.05, 4.69) is 12.2 Å². The number of carbonyl (C=O) groups is 1. The number of carboxylic acids is 1. The zero-order valence-electron chi connectivity index (χ0n) is 11.8. The van der Waals surface area contributed by atoms with Crippen molar-refractivity contribution in [2.75, 3.05) is 6.54 Å². The van der Waals surface area contributed by atoms with Crippen LogP contribution in [0.4, 0.5) is 0 Å². The van der Waals surface area contributed by atoms with E-state index in [0.29, 0.717) is 0 Å². The van der Waals surface area contributed by atoms with Gasteiger partial charge in [-0.1, -0.05) is 51.9 Å². The molecule has 0 aromatic rings. The Bertz CT molecular complexity index is 177. The van der Waals surface area contributed by atoms with Crippen LogP contribution in [0.15, 0.2) is 0 Å². The predicted octanol–water partition coefficient (Wildman–Crippen LogP) is -1.14. The summed E-state index contributed by atoms with van der Waals surface area (Å²) >= 11 is 0. The van der Waals surface area contributed by atoms with Crippen molar-refractivity contribution >= 4 is 5.97 Å². The molecule has 0 fully saturated rings. The molecule has 0 aliphatic rings. The molecule has 0 aliphatic heterocycles. The van der Waals surface area contributed by atoms with Gasteiger partial charge in [0, 0.05) is 6.04 Å². The van der Waals surface area contributed by atoms with E-state index in [0.717, 1.165) is 13.0 Å². The van der Waals surface area contributed by atoms with Gasteiger partial charge in [-0.25, -0.2) is 0 Å². The van der Waals surface area contributed by atoms with E-state index in [1.54, 1.807) is 6.92 Å². The summed E-state index contributed by atoms with van der Waals surface area (Å²) in [6, 6.07) is -0.524. The third-order valence-corrected chi connectivity index (χ3v) is 2.83. The molecule has 0 saturated heterocycles. The summed E-state index contributed by atoms with van der Waals surface area (Å²) in [5.41, 5.74) is 0. The van der Waals surface area contributed by atoms with Gasteiger partial charge in [0.1, 0.15) is 0 Å². The number of carbonyl (C=O) groups excluding carboxylic acids is 1. The van der Waals surface area contributed by atoms with Gasteiger partial charge in [-0.2, -0.15) is 0 Å². The fraction of sp³-hybridized carbons (Fsp3) is 0.923. The van der Waals surface area contributed by atoms with E-state index in [-0.39, 0.29) is 51.4 Å². The van der Waals surface area contributed by atoms with Crippen LogP contribution in [0.3, 0.4) is 0 Å². The molecule has 0 aliphatic carbocycles. The molecule has 3 nitrogen and oxygen atoms in total. The third kappa shape index (κ3) is 15.0. The maximum atomic E-state index is 10.4. The van der Waals surface area contributed by atoms with Gasteiger partial charge >= 0.3 is 51.4 Å². The molecule has 0 aromatic heterocycles. The van der Waals surface area contributed by atoms with Gasteiger partial charge in [0.2, 0.25) is 0 Å². The van der Waals surface area contributed by atoms with Gasteiger partial charge in [0.25, 0.3) is 0 Å². The molecule has 0 rings (SSSR count). The molecule has 1 N–H and O–H groups in total. The molecule has 96 valence electrons. The van der Waals surface area contributed by atoms with E-state index in [4.69, 9.17) is 0 Å². The molecule has 0 saturated carbocycles. The fourth-order valence-electron chi connectivity index (χ4n) is 1.66. The minimum Gasteiger partial charge on any atom is -0.548 e. The second kappa shape index (κ2) is 15.1. The monoisotopic (exact) mass is 267 g/mol. The molecule has 0 spiro atoms. The smallest absolute Gasteiger partial charge is 0.548 e. The van der Waals surface area contributed by atoms with Crippen LogP contribution in [0, 0.1) is 0 Å². The Hall–Kier alpha value is 1.07. The molecule has 0 heterocycles. The van der Waals surface area contributed by atoms with Crippen molar-refractivity contribution in [3.63, 3.8) is 0 Å². The minimum atomic E-state index is -1.01. The SMILES string of the molecule is CCCCCCCCCCNC(C)C(=O)[O-].[K+]. The molecule has 4 heteroatoms. The van der Waals surface area contributed by atoms with E-state index < -0.39 is 12.0 Å². The van der Waals surface area contributed by atoms with Crippen LogP contribution in [0.2, 0.25) is 0 Å². The first-order valence-electron chi connectivity index (χ1n) is 6.62. The number of carboxylic acid groups (broad SMARTS) is 1. The Morgan fingerprint density at radius 3 is 2.00 bits per heavy atom. The normalized spacial score (nSPS) is 11.9. The molecule has 17 heavy (non-hydrogen) atoms. The van der Waals surface area contributed by atoms with Gasteiger partial charge in [-0.3, -0.25) is 0 Å². The van der Waals surface area contributed by atoms with Crippen molar-refractivity contribution in [2.45, 2.75) is 71.3 Å². The molecular formula is C13H26KNO2. The Kier molecular flexibility index (Phi) is 18.1. The second-order valence-corrected chi connectivity index (χ2v) is 4.47. The topological polar surface area (TPSA) is 52.2 Å². The van der Waals surface area contributed by atoms with Crippen LogP contribution in [-0.4, -0.2) is 18.6 Å². The fourth-order valence-corrected chi connectivity index (χ4v) is 1.66. The van der Waals surface area contributed by atoms with Crippen molar-refractivity contribution in [3.05, 3.63) is 0 Å². The van der Waals surface area contributed by atoms with Crippen LogP contribution >= 0.6 is 0 Å². The van der Waals surface area contributed by atoms with Crippen molar-refractivity contribution < 1.29 is 61.3 Å². The van der Waals surface area contributed by atoms with Crippen molar-refractivity contribution in [3.8, 4) is 0 Å². The summed E-state index contributed by atoms with van der Waals surface area (Å²) in [6.45, 7) is 4.63. The zero-order chi connectivity index (χ0) is 12.2. The van der Waals surface area contributed by atoms with Gasteiger partial charge in [0.15, 0.2) is 0 Å². The zero-order valence-corrected chi connectivity index (χ0v) is 14.9. The standard InChI is InChI=1S/C13H27NO2.K/c1-3-4-5-6-7-8-9-10-11-14-12(2)13(15)16;/h12,14H,3-11H2,1-2H3,(H,15,16);/q;+1/p-1. The number of hydrogen-bond acceptors (Lipinski definition) is 3. The molecule has 0 aromatic carbocycles. The number of hydrogen-bond donors (Lipinski definition) is 1. The van der Waals surface area contributed by atoms with Crippen LogP contribution in [0.25, 0.3) is 0 Å². The van der Waals surface area contributed by atoms with Crippen LogP contribution in [-0.2, 0) is 4.79 Å². The summed E-state index contributed by atoms with van der Waals surface area (Å²) in [7, 11) is 0. The Morgan fingerprint density at radius 2 is 1.53 bits per heavy atom. The van der Waals surface area contributed by atoms with Gasteiger partial charge in [0.05, 0.1) is 5.97 Å². The largest absolute Gasteiger partial charge is 1.00 e. The maximum absolute atomic E-state index is 10.4. The maximum Gasteiger partial charge on any atom is 1.00 e. The van der Waals surface area contributed by atoms with E-state index in [9.17, 15) is 9.90 Å². The molecular weight excluding hydrogens is 241 g/mol. The van der Waals surface area contributed by atoms with Gasteiger partial charge in [-0.05, 0) is 19.9 Å². The van der Waals surface area contributed by atoms with Crippen molar-refractivity contribution in [1.82, 2.24) is 5.32 Å². The number of aliphatic carboxylic acids is 1. The molecule has 0 amide bonds. The quantitative estimate of drug-likeness (QED) is 0.380. The average Bonchev–Trinajstić information content (AvgIpc) is 2.26. The molecule has 1 unspecified atom stereocenters. The summed E-state index contributed by atoms with van der Waals surface area (Å²) in [5.74, 6) is -1.01. The van der Waals surface area contributed by atoms with E-state index in [1.807, 2.05) is 0 Å².